The predicted molar refractivity (Wildman–Crippen MR) is 91.7 cm³/mol. The molecule has 2 fully saturated rings. The minimum Gasteiger partial charge on any atom is -0.479 e. The third-order valence-corrected chi connectivity index (χ3v) is 6.96. The van der Waals surface area contributed by atoms with Gasteiger partial charge in [0.05, 0.1) is 6.10 Å². The number of ether oxygens (including phenoxy) is 3. The first-order chi connectivity index (χ1) is 12.1. The summed E-state index contributed by atoms with van der Waals surface area (Å²) in [6.07, 6.45) is 3.19. The number of aliphatic hydroxyl groups is 1. The van der Waals surface area contributed by atoms with Crippen molar-refractivity contribution in [2.45, 2.75) is 71.1 Å². The second kappa shape index (κ2) is 5.20. The highest BCUT2D eigenvalue weighted by atomic mass is 16.7. The summed E-state index contributed by atoms with van der Waals surface area (Å²) in [5, 5.41) is 11.5. The van der Waals surface area contributed by atoms with Crippen molar-refractivity contribution in [3.05, 3.63) is 23.5 Å². The smallest absolute Gasteiger partial charge is 0.318 e. The summed E-state index contributed by atoms with van der Waals surface area (Å²) in [4.78, 5) is 25.5. The second-order valence-corrected chi connectivity index (χ2v) is 8.52. The van der Waals surface area contributed by atoms with Crippen molar-refractivity contribution in [2.75, 3.05) is 0 Å². The molecule has 4 heterocycles. The Labute approximate surface area is 153 Å². The SMILES string of the molecule is CCC(C)[C@]1(O)O[C@@H]2C[C@]3(C)OC(=CC3=O)/C(C)=C\[C@@H]3OC(=O)[C@]1(C)[C@@H]32. The van der Waals surface area contributed by atoms with Crippen LogP contribution in [0.1, 0.15) is 47.5 Å². The van der Waals surface area contributed by atoms with Crippen LogP contribution in [0.5, 0.6) is 0 Å². The summed E-state index contributed by atoms with van der Waals surface area (Å²) in [6.45, 7) is 9.13. The fraction of sp³-hybridized carbons (Fsp3) is 0.700. The van der Waals surface area contributed by atoms with Gasteiger partial charge in [0.15, 0.2) is 11.4 Å². The molecular formula is C20H26O6. The number of hydrogen-bond acceptors (Lipinski definition) is 6. The summed E-state index contributed by atoms with van der Waals surface area (Å²) >= 11 is 0. The molecule has 4 aliphatic heterocycles. The van der Waals surface area contributed by atoms with Gasteiger partial charge in [-0.2, -0.15) is 0 Å². The van der Waals surface area contributed by atoms with Crippen LogP contribution in [-0.2, 0) is 23.8 Å². The van der Waals surface area contributed by atoms with Crippen LogP contribution in [0, 0.1) is 17.3 Å². The first kappa shape index (κ1) is 17.7. The fourth-order valence-electron chi connectivity index (χ4n) is 5.03. The maximum Gasteiger partial charge on any atom is 0.318 e. The molecule has 0 amide bonds. The molecule has 142 valence electrons. The molecule has 1 unspecified atom stereocenters. The summed E-state index contributed by atoms with van der Waals surface area (Å²) in [6, 6.07) is 0. The quantitative estimate of drug-likeness (QED) is 0.759. The zero-order valence-electron chi connectivity index (χ0n) is 15.9. The number of hydrogen-bond donors (Lipinski definition) is 1. The Kier molecular flexibility index (Phi) is 3.55. The van der Waals surface area contributed by atoms with E-state index in [1.54, 1.807) is 13.8 Å². The van der Waals surface area contributed by atoms with Gasteiger partial charge in [0.25, 0.3) is 0 Å². The van der Waals surface area contributed by atoms with Crippen molar-refractivity contribution in [1.82, 2.24) is 0 Å². The summed E-state index contributed by atoms with van der Waals surface area (Å²) in [7, 11) is 0. The van der Waals surface area contributed by atoms with E-state index in [4.69, 9.17) is 14.2 Å². The molecule has 0 aromatic rings. The molecule has 2 bridgehead atoms. The Bertz CT molecular complexity index is 753. The molecule has 0 radical (unpaired) electrons. The molecule has 4 aliphatic rings. The van der Waals surface area contributed by atoms with E-state index >= 15 is 0 Å². The van der Waals surface area contributed by atoms with Crippen molar-refractivity contribution in [3.8, 4) is 0 Å². The molecule has 7 atom stereocenters. The highest BCUT2D eigenvalue weighted by Crippen LogP contribution is 2.61. The first-order valence-electron chi connectivity index (χ1n) is 9.32. The van der Waals surface area contributed by atoms with Gasteiger partial charge in [0, 0.05) is 24.3 Å². The van der Waals surface area contributed by atoms with Gasteiger partial charge in [-0.25, -0.2) is 0 Å². The Balaban J connectivity index is 1.87. The van der Waals surface area contributed by atoms with E-state index in [0.717, 1.165) is 5.57 Å². The van der Waals surface area contributed by atoms with Crippen LogP contribution in [0.3, 0.4) is 0 Å². The summed E-state index contributed by atoms with van der Waals surface area (Å²) in [5.41, 5.74) is -1.49. The van der Waals surface area contributed by atoms with E-state index in [9.17, 15) is 14.7 Å². The minimum atomic E-state index is -1.64. The zero-order chi connectivity index (χ0) is 19.1. The summed E-state index contributed by atoms with van der Waals surface area (Å²) in [5.74, 6) is -2.33. The number of esters is 1. The van der Waals surface area contributed by atoms with Gasteiger partial charge in [-0.1, -0.05) is 13.8 Å². The maximum atomic E-state index is 12.9. The average molecular weight is 362 g/mol. The first-order valence-corrected chi connectivity index (χ1v) is 9.32. The molecule has 0 aliphatic carbocycles. The van der Waals surface area contributed by atoms with Crippen LogP contribution >= 0.6 is 0 Å². The van der Waals surface area contributed by atoms with Crippen LogP contribution in [0.15, 0.2) is 23.5 Å². The van der Waals surface area contributed by atoms with E-state index in [1.165, 1.54) is 6.08 Å². The van der Waals surface area contributed by atoms with Crippen LogP contribution in [0.4, 0.5) is 0 Å². The molecule has 2 saturated heterocycles. The van der Waals surface area contributed by atoms with Gasteiger partial charge in [-0.15, -0.1) is 0 Å². The zero-order valence-corrected chi connectivity index (χ0v) is 15.9. The molecule has 0 saturated carbocycles. The number of carbonyl (C=O) groups excluding carboxylic acids is 2. The van der Waals surface area contributed by atoms with Gasteiger partial charge in [0.1, 0.15) is 17.3 Å². The molecule has 0 aromatic heterocycles. The number of carbonyl (C=O) groups is 2. The van der Waals surface area contributed by atoms with E-state index in [2.05, 4.69) is 0 Å². The average Bonchev–Trinajstić information content (AvgIpc) is 3.09. The lowest BCUT2D eigenvalue weighted by Gasteiger charge is -2.38. The highest BCUT2D eigenvalue weighted by Gasteiger charge is 2.75. The van der Waals surface area contributed by atoms with Crippen molar-refractivity contribution in [3.63, 3.8) is 0 Å². The van der Waals surface area contributed by atoms with Gasteiger partial charge < -0.3 is 19.3 Å². The molecule has 6 heteroatoms. The molecule has 1 N–H and O–H groups in total. The molecule has 4 rings (SSSR count). The standard InChI is InChI=1S/C20H26O6/c1-6-11(3)20(23)19(5)16-13(24-17(19)22)7-10(2)12-8-15(21)18(4,25-12)9-14(16)26-20/h7-8,11,13-14,16,23H,6,9H2,1-5H3/b10-7-/t11?,13-,14+,16-,18-,19-,20-/m0/s1. The van der Waals surface area contributed by atoms with Crippen LogP contribution in [0.2, 0.25) is 0 Å². The van der Waals surface area contributed by atoms with Gasteiger partial charge in [-0.3, -0.25) is 9.59 Å². The van der Waals surface area contributed by atoms with Crippen molar-refractivity contribution < 1.29 is 28.9 Å². The van der Waals surface area contributed by atoms with Gasteiger partial charge in [-0.05, 0) is 38.8 Å². The molecule has 0 aromatic carbocycles. The van der Waals surface area contributed by atoms with E-state index in [0.29, 0.717) is 12.2 Å². The van der Waals surface area contributed by atoms with Crippen molar-refractivity contribution in [2.24, 2.45) is 17.3 Å². The number of allylic oxidation sites excluding steroid dienone is 1. The lowest BCUT2D eigenvalue weighted by Crippen LogP contribution is -2.53. The van der Waals surface area contributed by atoms with Gasteiger partial charge in [0.2, 0.25) is 5.78 Å². The Hall–Kier alpha value is -1.66. The fourth-order valence-corrected chi connectivity index (χ4v) is 5.03. The Morgan fingerprint density at radius 3 is 2.69 bits per heavy atom. The van der Waals surface area contributed by atoms with Crippen LogP contribution in [-0.4, -0.2) is 40.5 Å². The van der Waals surface area contributed by atoms with Crippen LogP contribution in [0.25, 0.3) is 0 Å². The third kappa shape index (κ3) is 1.94. The van der Waals surface area contributed by atoms with Crippen molar-refractivity contribution in [1.29, 1.82) is 0 Å². The number of rotatable bonds is 2. The lowest BCUT2D eigenvalue weighted by molar-refractivity contribution is -0.267. The normalized spacial score (nSPS) is 49.8. The topological polar surface area (TPSA) is 82.1 Å². The molecule has 0 spiro atoms. The monoisotopic (exact) mass is 362 g/mol. The van der Waals surface area contributed by atoms with E-state index in [1.807, 2.05) is 26.8 Å². The highest BCUT2D eigenvalue weighted by molar-refractivity contribution is 6.00. The number of fused-ring (bicyclic) bond motifs is 2. The van der Waals surface area contributed by atoms with E-state index in [-0.39, 0.29) is 24.0 Å². The second-order valence-electron chi connectivity index (χ2n) is 8.52. The van der Waals surface area contributed by atoms with E-state index < -0.39 is 35.0 Å². The van der Waals surface area contributed by atoms with Crippen LogP contribution < -0.4 is 0 Å². The summed E-state index contributed by atoms with van der Waals surface area (Å²) < 4.78 is 17.8. The third-order valence-electron chi connectivity index (χ3n) is 6.96. The Morgan fingerprint density at radius 1 is 1.35 bits per heavy atom. The number of ketones is 1. The molecule has 6 nitrogen and oxygen atoms in total. The van der Waals surface area contributed by atoms with Crippen molar-refractivity contribution >= 4 is 11.8 Å². The lowest BCUT2D eigenvalue weighted by atomic mass is 9.66. The van der Waals surface area contributed by atoms with Gasteiger partial charge >= 0.3 is 5.97 Å². The predicted octanol–water partition coefficient (Wildman–Crippen LogP) is 2.26. The largest absolute Gasteiger partial charge is 0.479 e. The maximum absolute atomic E-state index is 12.9. The molecular weight excluding hydrogens is 336 g/mol. The minimum absolute atomic E-state index is 0.117. The molecule has 26 heavy (non-hydrogen) atoms. The Morgan fingerprint density at radius 2 is 2.04 bits per heavy atom.